The Bertz CT molecular complexity index is 786. The van der Waals surface area contributed by atoms with E-state index in [2.05, 4.69) is 0 Å². The molecule has 0 aliphatic rings. The fourth-order valence-corrected chi connectivity index (χ4v) is 1.92. The van der Waals surface area contributed by atoms with Gasteiger partial charge >= 0.3 is 5.63 Å². The molecule has 4 heteroatoms. The number of benzene rings is 2. The Morgan fingerprint density at radius 1 is 0.941 bits per heavy atom. The van der Waals surface area contributed by atoms with Gasteiger partial charge in [0.15, 0.2) is 11.3 Å². The van der Waals surface area contributed by atoms with Gasteiger partial charge in [0, 0.05) is 10.8 Å². The van der Waals surface area contributed by atoms with E-state index in [0.29, 0.717) is 16.2 Å². The Kier molecular flexibility index (Phi) is 1.86. The third-order valence-corrected chi connectivity index (χ3v) is 2.70. The number of fused-ring (bicyclic) bond motifs is 3. The van der Waals surface area contributed by atoms with Crippen LogP contribution in [-0.4, -0.2) is 10.2 Å². The lowest BCUT2D eigenvalue weighted by Crippen LogP contribution is -1.99. The summed E-state index contributed by atoms with van der Waals surface area (Å²) in [6, 6.07) is 9.22. The van der Waals surface area contributed by atoms with E-state index in [4.69, 9.17) is 4.42 Å². The monoisotopic (exact) mass is 228 g/mol. The molecule has 0 saturated heterocycles. The van der Waals surface area contributed by atoms with Gasteiger partial charge in [0.2, 0.25) is 0 Å². The predicted octanol–water partition coefficient (Wildman–Crippen LogP) is 2.36. The van der Waals surface area contributed by atoms with Crippen molar-refractivity contribution in [3.8, 4) is 11.5 Å². The van der Waals surface area contributed by atoms with Crippen LogP contribution in [0.5, 0.6) is 11.5 Å². The van der Waals surface area contributed by atoms with Gasteiger partial charge in [0.25, 0.3) is 0 Å². The Labute approximate surface area is 95.3 Å². The van der Waals surface area contributed by atoms with E-state index in [1.807, 2.05) is 0 Å². The highest BCUT2D eigenvalue weighted by Crippen LogP contribution is 2.30. The van der Waals surface area contributed by atoms with Crippen LogP contribution in [0.15, 0.2) is 45.6 Å². The molecule has 0 aliphatic heterocycles. The second-order valence-electron chi connectivity index (χ2n) is 3.77. The van der Waals surface area contributed by atoms with Gasteiger partial charge in [-0.1, -0.05) is 12.1 Å². The van der Waals surface area contributed by atoms with E-state index >= 15 is 0 Å². The smallest absolute Gasteiger partial charge is 0.344 e. The Balaban J connectivity index is 2.67. The van der Waals surface area contributed by atoms with Gasteiger partial charge in [-0.15, -0.1) is 0 Å². The van der Waals surface area contributed by atoms with Gasteiger partial charge in [-0.25, -0.2) is 4.79 Å². The van der Waals surface area contributed by atoms with E-state index < -0.39 is 5.63 Å². The van der Waals surface area contributed by atoms with Gasteiger partial charge in [0.05, 0.1) is 5.39 Å². The van der Waals surface area contributed by atoms with Crippen molar-refractivity contribution < 1.29 is 14.6 Å². The van der Waals surface area contributed by atoms with Crippen LogP contribution < -0.4 is 5.63 Å². The lowest BCUT2D eigenvalue weighted by molar-refractivity contribution is 0.458. The number of phenolic OH excluding ortho intramolecular Hbond substituents is 2. The lowest BCUT2D eigenvalue weighted by atomic mass is 10.1. The van der Waals surface area contributed by atoms with Crippen LogP contribution in [0.3, 0.4) is 0 Å². The molecule has 17 heavy (non-hydrogen) atoms. The molecule has 0 atom stereocenters. The first-order valence-electron chi connectivity index (χ1n) is 5.04. The second-order valence-corrected chi connectivity index (χ2v) is 3.77. The van der Waals surface area contributed by atoms with Gasteiger partial charge in [-0.2, -0.15) is 0 Å². The van der Waals surface area contributed by atoms with Crippen LogP contribution in [0.25, 0.3) is 21.7 Å². The highest BCUT2D eigenvalue weighted by molar-refractivity contribution is 6.06. The molecule has 3 aromatic rings. The van der Waals surface area contributed by atoms with Crippen molar-refractivity contribution in [1.29, 1.82) is 0 Å². The summed E-state index contributed by atoms with van der Waals surface area (Å²) in [5, 5.41) is 20.6. The average molecular weight is 228 g/mol. The summed E-state index contributed by atoms with van der Waals surface area (Å²) in [6.07, 6.45) is 0. The number of hydrogen-bond acceptors (Lipinski definition) is 4. The number of aromatic hydroxyl groups is 2. The third-order valence-electron chi connectivity index (χ3n) is 2.70. The maximum atomic E-state index is 11.7. The molecule has 0 amide bonds. The Morgan fingerprint density at radius 2 is 1.76 bits per heavy atom. The molecule has 0 radical (unpaired) electrons. The van der Waals surface area contributed by atoms with Crippen LogP contribution in [0, 0.1) is 0 Å². The molecule has 1 heterocycles. The van der Waals surface area contributed by atoms with Crippen LogP contribution >= 0.6 is 0 Å². The minimum Gasteiger partial charge on any atom is -0.508 e. The van der Waals surface area contributed by atoms with Crippen molar-refractivity contribution >= 4 is 21.7 Å². The molecule has 84 valence electrons. The second kappa shape index (κ2) is 3.25. The van der Waals surface area contributed by atoms with Crippen molar-refractivity contribution in [2.24, 2.45) is 0 Å². The standard InChI is InChI=1S/C13H8O4/c14-7-4-5-9-10(6-7)8-2-1-3-11(15)12(8)17-13(9)16/h1-6,14-15H. The molecule has 2 aromatic carbocycles. The number of hydrogen-bond donors (Lipinski definition) is 2. The fourth-order valence-electron chi connectivity index (χ4n) is 1.92. The molecule has 4 nitrogen and oxygen atoms in total. The fraction of sp³-hybridized carbons (Fsp3) is 0. The molecule has 0 aliphatic carbocycles. The first-order valence-corrected chi connectivity index (χ1v) is 5.04. The summed E-state index contributed by atoms with van der Waals surface area (Å²) < 4.78 is 5.06. The first-order chi connectivity index (χ1) is 8.16. The third kappa shape index (κ3) is 1.34. The number of para-hydroxylation sites is 1. The highest BCUT2D eigenvalue weighted by atomic mass is 16.4. The molecule has 3 rings (SSSR count). The van der Waals surface area contributed by atoms with Gasteiger partial charge < -0.3 is 14.6 Å². The summed E-state index contributed by atoms with van der Waals surface area (Å²) in [5.74, 6) is -0.0300. The maximum absolute atomic E-state index is 11.7. The summed E-state index contributed by atoms with van der Waals surface area (Å²) >= 11 is 0. The lowest BCUT2D eigenvalue weighted by Gasteiger charge is -2.03. The van der Waals surface area contributed by atoms with E-state index in [1.165, 1.54) is 24.3 Å². The van der Waals surface area contributed by atoms with Crippen molar-refractivity contribution in [3.05, 3.63) is 46.8 Å². The van der Waals surface area contributed by atoms with Crippen molar-refractivity contribution in [1.82, 2.24) is 0 Å². The van der Waals surface area contributed by atoms with Crippen LogP contribution in [0.1, 0.15) is 0 Å². The van der Waals surface area contributed by atoms with Crippen LogP contribution in [-0.2, 0) is 0 Å². The molecule has 0 spiro atoms. The minimum absolute atomic E-state index is 0.0627. The molecular weight excluding hydrogens is 220 g/mol. The largest absolute Gasteiger partial charge is 0.508 e. The van der Waals surface area contributed by atoms with Crippen molar-refractivity contribution in [2.75, 3.05) is 0 Å². The van der Waals surface area contributed by atoms with E-state index in [1.54, 1.807) is 12.1 Å². The van der Waals surface area contributed by atoms with Gasteiger partial charge in [0.1, 0.15) is 5.75 Å². The zero-order chi connectivity index (χ0) is 12.0. The maximum Gasteiger partial charge on any atom is 0.344 e. The van der Waals surface area contributed by atoms with E-state index in [9.17, 15) is 15.0 Å². The van der Waals surface area contributed by atoms with Gasteiger partial charge in [-0.05, 0) is 24.3 Å². The number of rotatable bonds is 0. The SMILES string of the molecule is O=c1oc2c(O)cccc2c2cc(O)ccc12. The molecular formula is C13H8O4. The summed E-state index contributed by atoms with van der Waals surface area (Å²) in [7, 11) is 0. The predicted molar refractivity (Wildman–Crippen MR) is 63.3 cm³/mol. The van der Waals surface area contributed by atoms with Gasteiger partial charge in [-0.3, -0.25) is 0 Å². The normalized spacial score (nSPS) is 11.1. The van der Waals surface area contributed by atoms with Crippen LogP contribution in [0.4, 0.5) is 0 Å². The van der Waals surface area contributed by atoms with Crippen LogP contribution in [0.2, 0.25) is 0 Å². The Hall–Kier alpha value is -2.49. The highest BCUT2D eigenvalue weighted by Gasteiger charge is 2.10. The molecule has 0 unspecified atom stereocenters. The minimum atomic E-state index is -0.533. The molecule has 0 saturated carbocycles. The van der Waals surface area contributed by atoms with Crippen molar-refractivity contribution in [3.63, 3.8) is 0 Å². The first kappa shape index (κ1) is 9.72. The zero-order valence-corrected chi connectivity index (χ0v) is 8.68. The quantitative estimate of drug-likeness (QED) is 0.457. The zero-order valence-electron chi connectivity index (χ0n) is 8.68. The van der Waals surface area contributed by atoms with E-state index in [-0.39, 0.29) is 17.1 Å². The van der Waals surface area contributed by atoms with E-state index in [0.717, 1.165) is 0 Å². The summed E-state index contributed by atoms with van der Waals surface area (Å²) in [4.78, 5) is 11.7. The summed E-state index contributed by atoms with van der Waals surface area (Å²) in [5.41, 5.74) is -0.399. The Morgan fingerprint density at radius 3 is 2.59 bits per heavy atom. The van der Waals surface area contributed by atoms with Crippen molar-refractivity contribution in [2.45, 2.75) is 0 Å². The topological polar surface area (TPSA) is 70.7 Å². The molecule has 0 fully saturated rings. The number of phenols is 2. The molecule has 2 N–H and O–H groups in total. The molecule has 1 aromatic heterocycles. The average Bonchev–Trinajstić information content (AvgIpc) is 2.31. The summed E-state index contributed by atoms with van der Waals surface area (Å²) in [6.45, 7) is 0. The molecule has 0 bridgehead atoms.